The zero-order chi connectivity index (χ0) is 9.43. The quantitative estimate of drug-likeness (QED) is 0.595. The number of rotatable bonds is 1. The predicted molar refractivity (Wildman–Crippen MR) is 42.0 cm³/mol. The molecule has 4 unspecified atom stereocenters. The van der Waals surface area contributed by atoms with Crippen molar-refractivity contribution in [1.29, 1.82) is 0 Å². The molecule has 0 N–H and O–H groups in total. The Bertz CT molecular complexity index is 249. The first kappa shape index (κ1) is 8.13. The zero-order valence-corrected chi connectivity index (χ0v) is 7.56. The third-order valence-electron chi connectivity index (χ3n) is 4.64. The summed E-state index contributed by atoms with van der Waals surface area (Å²) < 4.78 is 38.0. The Morgan fingerprint density at radius 3 is 2.08 bits per heavy atom. The van der Waals surface area contributed by atoms with Crippen molar-refractivity contribution in [2.75, 3.05) is 0 Å². The summed E-state index contributed by atoms with van der Waals surface area (Å²) in [6, 6.07) is 0. The summed E-state index contributed by atoms with van der Waals surface area (Å²) in [7, 11) is 0. The minimum Gasteiger partial charge on any atom is -0.171 e. The van der Waals surface area contributed by atoms with E-state index < -0.39 is 11.6 Å². The predicted octanol–water partition coefficient (Wildman–Crippen LogP) is 3.23. The van der Waals surface area contributed by atoms with Crippen LogP contribution in [0.3, 0.4) is 0 Å². The number of fused-ring (bicyclic) bond motifs is 1. The minimum absolute atomic E-state index is 0.0313. The van der Waals surface area contributed by atoms with Crippen LogP contribution in [-0.4, -0.2) is 6.18 Å². The molecule has 0 aromatic heterocycles. The monoisotopic (exact) mass is 190 g/mol. The fraction of sp³-hybridized carbons (Fsp3) is 1.00. The molecule has 0 radical (unpaired) electrons. The van der Waals surface area contributed by atoms with Crippen molar-refractivity contribution >= 4 is 0 Å². The van der Waals surface area contributed by atoms with Crippen LogP contribution in [0.15, 0.2) is 0 Å². The molecule has 0 heterocycles. The standard InChI is InChI=1S/C10H13F3/c1-9(10(11,12)13)3-2-7(9)8-5-4-6(5)8/h5-8H,2-4H2,1H3. The minimum atomic E-state index is -3.97. The van der Waals surface area contributed by atoms with Crippen LogP contribution in [-0.2, 0) is 0 Å². The Morgan fingerprint density at radius 1 is 1.23 bits per heavy atom. The van der Waals surface area contributed by atoms with E-state index >= 15 is 0 Å². The number of halogens is 3. The third kappa shape index (κ3) is 0.835. The molecule has 3 heteroatoms. The van der Waals surface area contributed by atoms with Gasteiger partial charge in [-0.2, -0.15) is 13.2 Å². The van der Waals surface area contributed by atoms with Crippen LogP contribution in [0.25, 0.3) is 0 Å². The fourth-order valence-corrected chi connectivity index (χ4v) is 3.14. The highest BCUT2D eigenvalue weighted by Gasteiger charge is 2.74. The SMILES string of the molecule is CC1(C(F)(F)F)CCC1C1C2CC21. The van der Waals surface area contributed by atoms with Crippen molar-refractivity contribution in [2.45, 2.75) is 32.4 Å². The molecule has 0 spiro atoms. The molecule has 4 atom stereocenters. The number of hydrogen-bond donors (Lipinski definition) is 0. The summed E-state index contributed by atoms with van der Waals surface area (Å²) in [4.78, 5) is 0. The van der Waals surface area contributed by atoms with Gasteiger partial charge in [0.1, 0.15) is 0 Å². The Morgan fingerprint density at radius 2 is 1.85 bits per heavy atom. The van der Waals surface area contributed by atoms with Gasteiger partial charge in [-0.3, -0.25) is 0 Å². The van der Waals surface area contributed by atoms with E-state index in [1.54, 1.807) is 0 Å². The van der Waals surface area contributed by atoms with Crippen LogP contribution in [0.1, 0.15) is 26.2 Å². The van der Waals surface area contributed by atoms with E-state index in [2.05, 4.69) is 0 Å². The lowest BCUT2D eigenvalue weighted by Crippen LogP contribution is -2.50. The summed E-state index contributed by atoms with van der Waals surface area (Å²) in [5.41, 5.74) is -1.33. The van der Waals surface area contributed by atoms with Gasteiger partial charge in [0, 0.05) is 0 Å². The van der Waals surface area contributed by atoms with E-state index in [0.717, 1.165) is 6.42 Å². The lowest BCUT2D eigenvalue weighted by molar-refractivity contribution is -0.272. The molecule has 0 aliphatic heterocycles. The van der Waals surface area contributed by atoms with E-state index in [0.29, 0.717) is 24.2 Å². The van der Waals surface area contributed by atoms with Crippen molar-refractivity contribution < 1.29 is 13.2 Å². The second kappa shape index (κ2) is 1.91. The maximum absolute atomic E-state index is 12.7. The largest absolute Gasteiger partial charge is 0.394 e. The molecular formula is C10H13F3. The maximum atomic E-state index is 12.7. The summed E-state index contributed by atoms with van der Waals surface area (Å²) in [6.45, 7) is 1.42. The van der Waals surface area contributed by atoms with Crippen LogP contribution in [0.2, 0.25) is 0 Å². The van der Waals surface area contributed by atoms with E-state index in [-0.39, 0.29) is 5.92 Å². The number of alkyl halides is 3. The molecular weight excluding hydrogens is 177 g/mol. The Kier molecular flexibility index (Phi) is 1.20. The van der Waals surface area contributed by atoms with E-state index in [1.807, 2.05) is 0 Å². The van der Waals surface area contributed by atoms with E-state index in [1.165, 1.54) is 13.3 Å². The molecule has 3 saturated carbocycles. The van der Waals surface area contributed by atoms with Gasteiger partial charge in [-0.05, 0) is 42.9 Å². The molecule has 0 aromatic rings. The van der Waals surface area contributed by atoms with Crippen LogP contribution in [0.5, 0.6) is 0 Å². The van der Waals surface area contributed by atoms with Crippen LogP contribution < -0.4 is 0 Å². The van der Waals surface area contributed by atoms with Crippen LogP contribution in [0, 0.1) is 29.1 Å². The van der Waals surface area contributed by atoms with Crippen molar-refractivity contribution in [3.8, 4) is 0 Å². The second-order valence-electron chi connectivity index (χ2n) is 5.20. The molecule has 13 heavy (non-hydrogen) atoms. The van der Waals surface area contributed by atoms with E-state index in [9.17, 15) is 13.2 Å². The molecule has 0 bridgehead atoms. The van der Waals surface area contributed by atoms with Gasteiger partial charge in [0.05, 0.1) is 5.41 Å². The van der Waals surface area contributed by atoms with Gasteiger partial charge in [-0.25, -0.2) is 0 Å². The topological polar surface area (TPSA) is 0 Å². The van der Waals surface area contributed by atoms with Crippen molar-refractivity contribution in [1.82, 2.24) is 0 Å². The first-order valence-electron chi connectivity index (χ1n) is 5.02. The fourth-order valence-electron chi connectivity index (χ4n) is 3.14. The van der Waals surface area contributed by atoms with Crippen LogP contribution >= 0.6 is 0 Å². The zero-order valence-electron chi connectivity index (χ0n) is 7.56. The summed E-state index contributed by atoms with van der Waals surface area (Å²) in [5.74, 6) is 1.83. The highest BCUT2D eigenvalue weighted by Crippen LogP contribution is 2.77. The lowest BCUT2D eigenvalue weighted by atomic mass is 9.57. The summed E-state index contributed by atoms with van der Waals surface area (Å²) >= 11 is 0. The average Bonchev–Trinajstić information content (AvgIpc) is 2.80. The maximum Gasteiger partial charge on any atom is 0.394 e. The molecule has 0 aromatic carbocycles. The van der Waals surface area contributed by atoms with Gasteiger partial charge in [0.25, 0.3) is 0 Å². The molecule has 3 rings (SSSR count). The number of hydrogen-bond acceptors (Lipinski definition) is 0. The van der Waals surface area contributed by atoms with Gasteiger partial charge in [0.2, 0.25) is 0 Å². The van der Waals surface area contributed by atoms with E-state index in [4.69, 9.17) is 0 Å². The van der Waals surface area contributed by atoms with Crippen LogP contribution in [0.4, 0.5) is 13.2 Å². The Hall–Kier alpha value is -0.210. The van der Waals surface area contributed by atoms with Crippen molar-refractivity contribution in [2.24, 2.45) is 29.1 Å². The van der Waals surface area contributed by atoms with Gasteiger partial charge in [-0.1, -0.05) is 6.92 Å². The summed E-state index contributed by atoms with van der Waals surface area (Å²) in [6.07, 6.45) is -1.58. The molecule has 3 aliphatic rings. The molecule has 0 nitrogen and oxygen atoms in total. The van der Waals surface area contributed by atoms with Crippen molar-refractivity contribution in [3.63, 3.8) is 0 Å². The third-order valence-corrected chi connectivity index (χ3v) is 4.64. The van der Waals surface area contributed by atoms with Gasteiger partial charge in [0.15, 0.2) is 0 Å². The Balaban J connectivity index is 1.76. The van der Waals surface area contributed by atoms with Gasteiger partial charge < -0.3 is 0 Å². The van der Waals surface area contributed by atoms with Gasteiger partial charge in [-0.15, -0.1) is 0 Å². The lowest BCUT2D eigenvalue weighted by Gasteiger charge is -2.49. The molecule has 0 amide bonds. The first-order chi connectivity index (χ1) is 5.95. The molecule has 0 saturated heterocycles. The first-order valence-corrected chi connectivity index (χ1v) is 5.02. The summed E-state index contributed by atoms with van der Waals surface area (Å²) in [5, 5.41) is 0. The second-order valence-corrected chi connectivity index (χ2v) is 5.20. The highest BCUT2D eigenvalue weighted by atomic mass is 19.4. The average molecular weight is 190 g/mol. The Labute approximate surface area is 75.5 Å². The normalized spacial score (nSPS) is 58.2. The van der Waals surface area contributed by atoms with Gasteiger partial charge >= 0.3 is 6.18 Å². The molecule has 74 valence electrons. The molecule has 3 fully saturated rings. The highest BCUT2D eigenvalue weighted by molar-refractivity contribution is 5.19. The molecule has 3 aliphatic carbocycles. The van der Waals surface area contributed by atoms with Crippen molar-refractivity contribution in [3.05, 3.63) is 0 Å². The smallest absolute Gasteiger partial charge is 0.171 e.